The first-order valence-electron chi connectivity index (χ1n) is 7.56. The van der Waals surface area contributed by atoms with Gasteiger partial charge in [0.1, 0.15) is 5.82 Å². The molecule has 1 spiro atoms. The van der Waals surface area contributed by atoms with Crippen LogP contribution in [0.1, 0.15) is 43.8 Å². The lowest BCUT2D eigenvalue weighted by molar-refractivity contribution is -0.00146. The minimum absolute atomic E-state index is 0.0501. The van der Waals surface area contributed by atoms with Crippen molar-refractivity contribution in [1.82, 2.24) is 5.32 Å². The van der Waals surface area contributed by atoms with Gasteiger partial charge in [-0.3, -0.25) is 0 Å². The molecule has 0 aromatic heterocycles. The molecule has 1 atom stereocenters. The first-order chi connectivity index (χ1) is 10.1. The highest BCUT2D eigenvalue weighted by molar-refractivity contribution is 6.35. The van der Waals surface area contributed by atoms with Crippen LogP contribution in [0.25, 0.3) is 0 Å². The summed E-state index contributed by atoms with van der Waals surface area (Å²) in [5, 5.41) is 3.99. The Morgan fingerprint density at radius 2 is 1.90 bits per heavy atom. The molecule has 1 aromatic carbocycles. The van der Waals surface area contributed by atoms with Crippen molar-refractivity contribution >= 4 is 23.2 Å². The molecule has 1 N–H and O–H groups in total. The van der Waals surface area contributed by atoms with Gasteiger partial charge < -0.3 is 10.1 Å². The van der Waals surface area contributed by atoms with Crippen LogP contribution >= 0.6 is 23.2 Å². The number of ether oxygens (including phenoxy) is 1. The van der Waals surface area contributed by atoms with E-state index in [2.05, 4.69) is 5.32 Å². The summed E-state index contributed by atoms with van der Waals surface area (Å²) in [6.45, 7) is 2.34. The Labute approximate surface area is 135 Å². The quantitative estimate of drug-likeness (QED) is 0.750. The fourth-order valence-electron chi connectivity index (χ4n) is 3.46. The van der Waals surface area contributed by atoms with Crippen LogP contribution in [0, 0.1) is 11.2 Å². The number of hydrogen-bond donors (Lipinski definition) is 1. The molecule has 0 radical (unpaired) electrons. The van der Waals surface area contributed by atoms with E-state index in [1.165, 1.54) is 44.2 Å². The molecule has 1 heterocycles. The Bertz CT molecular complexity index is 517. The predicted octanol–water partition coefficient (Wildman–Crippen LogP) is 4.74. The van der Waals surface area contributed by atoms with Crippen molar-refractivity contribution in [2.24, 2.45) is 5.41 Å². The summed E-state index contributed by atoms with van der Waals surface area (Å²) < 4.78 is 19.8. The van der Waals surface area contributed by atoms with Gasteiger partial charge in [-0.05, 0) is 25.0 Å². The number of rotatable bonds is 1. The van der Waals surface area contributed by atoms with Crippen molar-refractivity contribution in [3.63, 3.8) is 0 Å². The van der Waals surface area contributed by atoms with E-state index in [1.807, 2.05) is 0 Å². The van der Waals surface area contributed by atoms with E-state index in [-0.39, 0.29) is 16.5 Å². The average Bonchev–Trinajstić information content (AvgIpc) is 2.67. The van der Waals surface area contributed by atoms with Gasteiger partial charge in [0, 0.05) is 29.1 Å². The zero-order chi connectivity index (χ0) is 14.9. The molecule has 0 amide bonds. The summed E-state index contributed by atoms with van der Waals surface area (Å²) in [7, 11) is 0. The van der Waals surface area contributed by atoms with Gasteiger partial charge in [-0.15, -0.1) is 0 Å². The molecule has 0 bridgehead atoms. The summed E-state index contributed by atoms with van der Waals surface area (Å²) in [6.07, 6.45) is 6.05. The maximum absolute atomic E-state index is 13.7. The second-order valence-corrected chi connectivity index (χ2v) is 7.09. The zero-order valence-corrected chi connectivity index (χ0v) is 13.4. The molecule has 21 heavy (non-hydrogen) atoms. The van der Waals surface area contributed by atoms with Gasteiger partial charge in [0.2, 0.25) is 0 Å². The molecule has 116 valence electrons. The van der Waals surface area contributed by atoms with E-state index in [1.54, 1.807) is 0 Å². The van der Waals surface area contributed by atoms with E-state index in [0.717, 1.165) is 6.54 Å². The molecule has 2 fully saturated rings. The molecule has 1 saturated heterocycles. The van der Waals surface area contributed by atoms with Gasteiger partial charge in [-0.2, -0.15) is 0 Å². The summed E-state index contributed by atoms with van der Waals surface area (Å²) in [6, 6.07) is 2.86. The van der Waals surface area contributed by atoms with Crippen molar-refractivity contribution in [3.05, 3.63) is 33.6 Å². The smallest absolute Gasteiger partial charge is 0.142 e. The highest BCUT2D eigenvalue weighted by Crippen LogP contribution is 2.39. The van der Waals surface area contributed by atoms with Crippen LogP contribution in [0.15, 0.2) is 12.1 Å². The van der Waals surface area contributed by atoms with Crippen molar-refractivity contribution in [2.75, 3.05) is 19.7 Å². The molecule has 3 rings (SSSR count). The number of nitrogens with one attached hydrogen (secondary N) is 1. The van der Waals surface area contributed by atoms with Crippen molar-refractivity contribution in [2.45, 2.75) is 38.2 Å². The Balaban J connectivity index is 1.77. The molecule has 1 aromatic rings. The summed E-state index contributed by atoms with van der Waals surface area (Å²) >= 11 is 12.0. The molecule has 2 aliphatic rings. The second-order valence-electron chi connectivity index (χ2n) is 6.28. The normalized spacial score (nSPS) is 25.8. The van der Waals surface area contributed by atoms with Gasteiger partial charge in [0.25, 0.3) is 0 Å². The highest BCUT2D eigenvalue weighted by atomic mass is 35.5. The molecule has 5 heteroatoms. The zero-order valence-electron chi connectivity index (χ0n) is 11.9. The Morgan fingerprint density at radius 1 is 1.14 bits per heavy atom. The van der Waals surface area contributed by atoms with Crippen LogP contribution in [0.3, 0.4) is 0 Å². The fraction of sp³-hybridized carbons (Fsp3) is 0.625. The van der Waals surface area contributed by atoms with E-state index in [0.29, 0.717) is 23.7 Å². The lowest BCUT2D eigenvalue weighted by Gasteiger charge is -2.35. The van der Waals surface area contributed by atoms with Crippen molar-refractivity contribution < 1.29 is 9.13 Å². The van der Waals surface area contributed by atoms with Crippen LogP contribution in [0.5, 0.6) is 0 Å². The Kier molecular flexibility index (Phi) is 4.75. The molecule has 1 saturated carbocycles. The van der Waals surface area contributed by atoms with Gasteiger partial charge in [-0.1, -0.05) is 42.5 Å². The topological polar surface area (TPSA) is 21.3 Å². The minimum atomic E-state index is -0.448. The highest BCUT2D eigenvalue weighted by Gasteiger charge is 2.35. The summed E-state index contributed by atoms with van der Waals surface area (Å²) in [4.78, 5) is 0. The van der Waals surface area contributed by atoms with Crippen molar-refractivity contribution in [1.29, 1.82) is 0 Å². The largest absolute Gasteiger partial charge is 0.372 e. The maximum Gasteiger partial charge on any atom is 0.142 e. The number of hydrogen-bond acceptors (Lipinski definition) is 2. The van der Waals surface area contributed by atoms with E-state index in [4.69, 9.17) is 27.9 Å². The predicted molar refractivity (Wildman–Crippen MR) is 83.5 cm³/mol. The van der Waals surface area contributed by atoms with Crippen LogP contribution in [0.2, 0.25) is 10.0 Å². The van der Waals surface area contributed by atoms with E-state index < -0.39 is 5.82 Å². The molecular weight excluding hydrogens is 312 g/mol. The van der Waals surface area contributed by atoms with Gasteiger partial charge in [0.05, 0.1) is 17.7 Å². The molecule has 2 nitrogen and oxygen atoms in total. The van der Waals surface area contributed by atoms with E-state index in [9.17, 15) is 4.39 Å². The number of benzene rings is 1. The fourth-order valence-corrected chi connectivity index (χ4v) is 3.97. The third kappa shape index (κ3) is 3.37. The van der Waals surface area contributed by atoms with Gasteiger partial charge >= 0.3 is 0 Å². The monoisotopic (exact) mass is 331 g/mol. The SMILES string of the molecule is Fc1cc(C2CNCC3(CCCCC3)CO2)c(Cl)cc1Cl. The third-order valence-electron chi connectivity index (χ3n) is 4.72. The van der Waals surface area contributed by atoms with Gasteiger partial charge in [0.15, 0.2) is 0 Å². The Hall–Kier alpha value is -0.350. The van der Waals surface area contributed by atoms with Gasteiger partial charge in [-0.25, -0.2) is 4.39 Å². The van der Waals surface area contributed by atoms with Crippen LogP contribution in [0.4, 0.5) is 4.39 Å². The Morgan fingerprint density at radius 3 is 2.67 bits per heavy atom. The maximum atomic E-state index is 13.7. The van der Waals surface area contributed by atoms with Crippen molar-refractivity contribution in [3.8, 4) is 0 Å². The molecular formula is C16H20Cl2FNO. The average molecular weight is 332 g/mol. The first kappa shape index (κ1) is 15.5. The summed E-state index contributed by atoms with van der Waals surface area (Å²) in [5.74, 6) is -0.448. The first-order valence-corrected chi connectivity index (χ1v) is 8.32. The molecule has 1 aliphatic heterocycles. The summed E-state index contributed by atoms with van der Waals surface area (Å²) in [5.41, 5.74) is 0.920. The van der Waals surface area contributed by atoms with Crippen LogP contribution in [-0.2, 0) is 4.74 Å². The van der Waals surface area contributed by atoms with Crippen LogP contribution in [-0.4, -0.2) is 19.7 Å². The van der Waals surface area contributed by atoms with Crippen LogP contribution < -0.4 is 5.32 Å². The standard InChI is InChI=1S/C16H20Cl2FNO/c17-12-7-13(18)14(19)6-11(12)15-8-20-9-16(10-21-15)4-2-1-3-5-16/h6-7,15,20H,1-5,8-10H2. The lowest BCUT2D eigenvalue weighted by Crippen LogP contribution is -2.37. The minimum Gasteiger partial charge on any atom is -0.372 e. The lowest BCUT2D eigenvalue weighted by atomic mass is 9.74. The molecule has 1 aliphatic carbocycles. The molecule has 1 unspecified atom stereocenters. The number of halogens is 3. The second kappa shape index (κ2) is 6.41. The third-order valence-corrected chi connectivity index (χ3v) is 5.34. The van der Waals surface area contributed by atoms with E-state index >= 15 is 0 Å².